The van der Waals surface area contributed by atoms with E-state index in [0.717, 1.165) is 22.2 Å². The Morgan fingerprint density at radius 1 is 1.18 bits per heavy atom. The van der Waals surface area contributed by atoms with Crippen molar-refractivity contribution in [1.29, 1.82) is 0 Å². The minimum Gasteiger partial charge on any atom is -0.494 e. The van der Waals surface area contributed by atoms with E-state index >= 15 is 0 Å². The Hall–Kier alpha value is -3.78. The van der Waals surface area contributed by atoms with Crippen LogP contribution in [0.3, 0.4) is 0 Å². The Labute approximate surface area is 197 Å². The van der Waals surface area contributed by atoms with Crippen molar-refractivity contribution in [3.63, 3.8) is 0 Å². The van der Waals surface area contributed by atoms with Crippen molar-refractivity contribution >= 4 is 33.9 Å². The molecule has 0 amide bonds. The van der Waals surface area contributed by atoms with Crippen LogP contribution in [0.15, 0.2) is 54.9 Å². The van der Waals surface area contributed by atoms with Crippen LogP contribution in [0, 0.1) is 0 Å². The highest BCUT2D eigenvalue weighted by atomic mass is 16.5. The Kier molecular flexibility index (Phi) is 5.65. The highest BCUT2D eigenvalue weighted by molar-refractivity contribution is 5.95. The summed E-state index contributed by atoms with van der Waals surface area (Å²) in [6.07, 6.45) is 3.78. The van der Waals surface area contributed by atoms with Crippen molar-refractivity contribution in [3.8, 4) is 17.0 Å². The van der Waals surface area contributed by atoms with E-state index in [1.165, 1.54) is 4.90 Å². The number of fused-ring (bicyclic) bond motifs is 1. The molecule has 0 bridgehead atoms. The smallest absolute Gasteiger partial charge is 0.227 e. The van der Waals surface area contributed by atoms with Crippen molar-refractivity contribution in [1.82, 2.24) is 19.4 Å². The Morgan fingerprint density at radius 2 is 1.97 bits per heavy atom. The maximum Gasteiger partial charge on any atom is 0.227 e. The number of ether oxygens (including phenoxy) is 1. The summed E-state index contributed by atoms with van der Waals surface area (Å²) in [6.45, 7) is -1.39. The van der Waals surface area contributed by atoms with Crippen LogP contribution in [0.4, 0.5) is 23.0 Å². The zero-order chi connectivity index (χ0) is 25.3. The maximum atomic E-state index is 8.21. The molecule has 33 heavy (non-hydrogen) atoms. The van der Waals surface area contributed by atoms with Crippen LogP contribution in [0.25, 0.3) is 22.2 Å². The highest BCUT2D eigenvalue weighted by Crippen LogP contribution is 2.36. The minimum atomic E-state index is -1.53. The molecule has 0 spiro atoms. The Bertz CT molecular complexity index is 1350. The van der Waals surface area contributed by atoms with Gasteiger partial charge in [0, 0.05) is 64.8 Å². The van der Waals surface area contributed by atoms with Crippen LogP contribution >= 0.6 is 0 Å². The molecule has 0 fully saturated rings. The van der Waals surface area contributed by atoms with Crippen LogP contribution in [0.1, 0.15) is 2.74 Å². The van der Waals surface area contributed by atoms with E-state index in [2.05, 4.69) is 33.2 Å². The number of benzene rings is 2. The van der Waals surface area contributed by atoms with Gasteiger partial charge < -0.3 is 30.2 Å². The third kappa shape index (κ3) is 4.70. The standard InChI is InChI=1S/C25H31N7O/c1-30(2)12-13-31(3)23-15-24(33-5)21(14-19(23)26)29-25-27-11-10-20(28-25)18-16-32(4)22-9-7-6-8-17(18)22/h6-11,14-16H,12-13,26H2,1-5H3,(H,27,28,29)/i12D2. The number of likely N-dealkylation sites (N-methyl/N-ethyl adjacent to an activating group) is 2. The summed E-state index contributed by atoms with van der Waals surface area (Å²) in [6, 6.07) is 13.6. The number of hydrogen-bond donors (Lipinski definition) is 2. The third-order valence-electron chi connectivity index (χ3n) is 5.46. The van der Waals surface area contributed by atoms with Crippen LogP contribution in [-0.4, -0.2) is 60.7 Å². The zero-order valence-electron chi connectivity index (χ0n) is 21.6. The number of nitrogen functional groups attached to an aromatic ring is 1. The Balaban J connectivity index is 1.64. The molecule has 8 nitrogen and oxygen atoms in total. The normalized spacial score (nSPS) is 12.5. The van der Waals surface area contributed by atoms with E-state index in [-0.39, 0.29) is 6.54 Å². The molecule has 2 heterocycles. The molecule has 0 saturated carbocycles. The first-order valence-corrected chi connectivity index (χ1v) is 10.6. The molecular weight excluding hydrogens is 414 g/mol. The summed E-state index contributed by atoms with van der Waals surface area (Å²) in [5.74, 6) is 0.962. The average molecular weight is 448 g/mol. The quantitative estimate of drug-likeness (QED) is 0.395. The first-order valence-electron chi connectivity index (χ1n) is 11.6. The molecule has 4 aromatic rings. The van der Waals surface area contributed by atoms with Crippen molar-refractivity contribution in [2.75, 3.05) is 57.2 Å². The SMILES string of the molecule is [2H]C([2H])(CN(C)c1cc(OC)c(Nc2nccc(-c3cn(C)c4ccccc34)n2)cc1N)N(C)C. The average Bonchev–Trinajstić information content (AvgIpc) is 3.16. The maximum absolute atomic E-state index is 8.21. The lowest BCUT2D eigenvalue weighted by Gasteiger charge is -2.24. The van der Waals surface area contributed by atoms with Crippen molar-refractivity contribution in [2.45, 2.75) is 0 Å². The number of methoxy groups -OCH3 is 1. The molecule has 0 atom stereocenters. The van der Waals surface area contributed by atoms with E-state index < -0.39 is 6.50 Å². The summed E-state index contributed by atoms with van der Waals surface area (Å²) in [5, 5.41) is 4.34. The number of nitrogens with zero attached hydrogens (tertiary/aromatic N) is 5. The summed E-state index contributed by atoms with van der Waals surface area (Å²) in [4.78, 5) is 12.4. The Morgan fingerprint density at radius 3 is 2.73 bits per heavy atom. The third-order valence-corrected chi connectivity index (χ3v) is 5.46. The summed E-state index contributed by atoms with van der Waals surface area (Å²) >= 11 is 0. The molecule has 0 aliphatic carbocycles. The van der Waals surface area contributed by atoms with Crippen LogP contribution < -0.4 is 20.7 Å². The van der Waals surface area contributed by atoms with E-state index in [4.69, 9.17) is 18.2 Å². The lowest BCUT2D eigenvalue weighted by atomic mass is 10.1. The van der Waals surface area contributed by atoms with Gasteiger partial charge in [-0.25, -0.2) is 9.97 Å². The second-order valence-electron chi connectivity index (χ2n) is 8.08. The molecule has 0 saturated heterocycles. The monoisotopic (exact) mass is 447 g/mol. The molecule has 0 unspecified atom stereocenters. The number of anilines is 4. The lowest BCUT2D eigenvalue weighted by molar-refractivity contribution is 0.413. The number of nitrogens with two attached hydrogens (primary N) is 1. The van der Waals surface area contributed by atoms with E-state index in [1.54, 1.807) is 51.5 Å². The lowest BCUT2D eigenvalue weighted by Crippen LogP contribution is -2.29. The molecule has 3 N–H and O–H groups in total. The van der Waals surface area contributed by atoms with E-state index in [0.29, 0.717) is 28.8 Å². The van der Waals surface area contributed by atoms with Crippen LogP contribution in [0.2, 0.25) is 0 Å². The van der Waals surface area contributed by atoms with Gasteiger partial charge in [0.15, 0.2) is 0 Å². The van der Waals surface area contributed by atoms with Gasteiger partial charge in [0.2, 0.25) is 5.95 Å². The van der Waals surface area contributed by atoms with Crippen molar-refractivity contribution in [2.24, 2.45) is 7.05 Å². The zero-order valence-corrected chi connectivity index (χ0v) is 19.6. The summed E-state index contributed by atoms with van der Waals surface area (Å²) < 4.78 is 24.1. The van der Waals surface area contributed by atoms with Gasteiger partial charge in [-0.2, -0.15) is 0 Å². The van der Waals surface area contributed by atoms with Gasteiger partial charge >= 0.3 is 0 Å². The predicted octanol–water partition coefficient (Wildman–Crippen LogP) is 3.97. The van der Waals surface area contributed by atoms with Crippen molar-refractivity contribution < 1.29 is 7.48 Å². The fourth-order valence-corrected chi connectivity index (χ4v) is 3.75. The number of aryl methyl sites for hydroxylation is 1. The fourth-order valence-electron chi connectivity index (χ4n) is 3.75. The number of para-hydroxylation sites is 1. The number of aromatic nitrogens is 3. The molecule has 0 radical (unpaired) electrons. The minimum absolute atomic E-state index is 0.135. The van der Waals surface area contributed by atoms with Gasteiger partial charge in [-0.05, 0) is 32.3 Å². The largest absolute Gasteiger partial charge is 0.494 e. The van der Waals surface area contributed by atoms with Gasteiger partial charge in [0.1, 0.15) is 5.75 Å². The van der Waals surface area contributed by atoms with Crippen LogP contribution in [0.5, 0.6) is 5.75 Å². The predicted molar refractivity (Wildman–Crippen MR) is 136 cm³/mol. The van der Waals surface area contributed by atoms with E-state index in [1.807, 2.05) is 25.2 Å². The summed E-state index contributed by atoms with van der Waals surface area (Å²) in [5.41, 5.74) is 11.1. The van der Waals surface area contributed by atoms with Gasteiger partial charge in [0.25, 0.3) is 0 Å². The topological polar surface area (TPSA) is 84.5 Å². The molecule has 4 rings (SSSR count). The molecule has 8 heteroatoms. The van der Waals surface area contributed by atoms with Gasteiger partial charge in [-0.15, -0.1) is 0 Å². The van der Waals surface area contributed by atoms with Gasteiger partial charge in [-0.1, -0.05) is 18.2 Å². The van der Waals surface area contributed by atoms with Crippen LogP contribution in [-0.2, 0) is 7.05 Å². The number of nitrogens with one attached hydrogen (secondary N) is 1. The van der Waals surface area contributed by atoms with Gasteiger partial charge in [0.05, 0.1) is 29.9 Å². The number of hydrogen-bond acceptors (Lipinski definition) is 7. The first kappa shape index (κ1) is 19.9. The molecule has 172 valence electrons. The molecule has 2 aromatic carbocycles. The molecule has 0 aliphatic heterocycles. The highest BCUT2D eigenvalue weighted by Gasteiger charge is 2.15. The number of rotatable bonds is 8. The molecular formula is C25H31N7O. The molecule has 0 aliphatic rings. The molecule has 2 aromatic heterocycles. The second kappa shape index (κ2) is 9.38. The van der Waals surface area contributed by atoms with E-state index in [9.17, 15) is 0 Å². The second-order valence-corrected chi connectivity index (χ2v) is 8.08. The summed E-state index contributed by atoms with van der Waals surface area (Å²) in [7, 11) is 8.81. The first-order chi connectivity index (χ1) is 16.6. The fraction of sp³-hybridized carbons (Fsp3) is 0.280. The van der Waals surface area contributed by atoms with Crippen molar-refractivity contribution in [3.05, 3.63) is 54.9 Å². The van der Waals surface area contributed by atoms with Gasteiger partial charge in [-0.3, -0.25) is 0 Å².